The molecule has 0 fully saturated rings. The number of aryl methyl sites for hydroxylation is 1. The first-order valence-electron chi connectivity index (χ1n) is 5.12. The molecule has 0 bridgehead atoms. The van der Waals surface area contributed by atoms with Crippen molar-refractivity contribution in [2.75, 3.05) is 0 Å². The molecule has 0 radical (unpaired) electrons. The highest BCUT2D eigenvalue weighted by molar-refractivity contribution is 5.86. The van der Waals surface area contributed by atoms with Crippen LogP contribution in [0.5, 0.6) is 0 Å². The van der Waals surface area contributed by atoms with Gasteiger partial charge in [0.1, 0.15) is 12.0 Å². The van der Waals surface area contributed by atoms with Gasteiger partial charge in [0, 0.05) is 5.56 Å². The fraction of sp³-hybridized carbons (Fsp3) is 0.333. The van der Waals surface area contributed by atoms with E-state index in [0.717, 1.165) is 5.56 Å². The zero-order valence-electron chi connectivity index (χ0n) is 9.05. The lowest BCUT2D eigenvalue weighted by Gasteiger charge is -2.07. The molecule has 1 rings (SSSR count). The molecule has 0 aromatic heterocycles. The number of halogens is 3. The van der Waals surface area contributed by atoms with Crippen molar-refractivity contribution in [3.05, 3.63) is 35.4 Å². The second-order valence-corrected chi connectivity index (χ2v) is 3.69. The quantitative estimate of drug-likeness (QED) is 0.625. The van der Waals surface area contributed by atoms with E-state index < -0.39 is 11.9 Å². The third-order valence-electron chi connectivity index (χ3n) is 2.35. The summed E-state index contributed by atoms with van der Waals surface area (Å²) in [5.41, 5.74) is 0.212. The van der Waals surface area contributed by atoms with Gasteiger partial charge in [-0.2, -0.15) is 13.2 Å². The number of alkyl halides is 3. The minimum atomic E-state index is -4.51. The Morgan fingerprint density at radius 3 is 2.29 bits per heavy atom. The molecule has 0 aliphatic rings. The standard InChI is InChI=1S/C12H12F3NO/c13-12(14,15)11(16)3-1-2-9-4-6-10(8-17)7-5-9/h4-8,16H,1-3H2. The molecule has 5 heteroatoms. The molecule has 2 nitrogen and oxygen atoms in total. The molecule has 0 heterocycles. The normalized spacial score (nSPS) is 11.2. The van der Waals surface area contributed by atoms with Crippen LogP contribution in [0.3, 0.4) is 0 Å². The fourth-order valence-corrected chi connectivity index (χ4v) is 1.37. The van der Waals surface area contributed by atoms with E-state index in [0.29, 0.717) is 18.3 Å². The van der Waals surface area contributed by atoms with Gasteiger partial charge >= 0.3 is 6.18 Å². The largest absolute Gasteiger partial charge is 0.428 e. The Morgan fingerprint density at radius 1 is 1.24 bits per heavy atom. The Hall–Kier alpha value is -1.65. The number of carbonyl (C=O) groups is 1. The van der Waals surface area contributed by atoms with Crippen molar-refractivity contribution in [1.82, 2.24) is 0 Å². The van der Waals surface area contributed by atoms with Crippen molar-refractivity contribution in [3.63, 3.8) is 0 Å². The second-order valence-electron chi connectivity index (χ2n) is 3.69. The highest BCUT2D eigenvalue weighted by Gasteiger charge is 2.33. The highest BCUT2D eigenvalue weighted by Crippen LogP contribution is 2.19. The average molecular weight is 243 g/mol. The molecule has 0 aliphatic carbocycles. The molecule has 0 aliphatic heterocycles. The molecule has 0 atom stereocenters. The van der Waals surface area contributed by atoms with Crippen LogP contribution in [0.25, 0.3) is 0 Å². The minimum Gasteiger partial charge on any atom is -0.301 e. The van der Waals surface area contributed by atoms with E-state index >= 15 is 0 Å². The van der Waals surface area contributed by atoms with Crippen molar-refractivity contribution in [3.8, 4) is 0 Å². The summed E-state index contributed by atoms with van der Waals surface area (Å²) in [5, 5.41) is 6.80. The number of aldehydes is 1. The number of benzene rings is 1. The first-order chi connectivity index (χ1) is 7.93. The SMILES string of the molecule is N=C(CCCc1ccc(C=O)cc1)C(F)(F)F. The van der Waals surface area contributed by atoms with Gasteiger partial charge in [0.2, 0.25) is 0 Å². The Morgan fingerprint density at radius 2 is 1.82 bits per heavy atom. The third-order valence-corrected chi connectivity index (χ3v) is 2.35. The van der Waals surface area contributed by atoms with Crippen molar-refractivity contribution < 1.29 is 18.0 Å². The Labute approximate surface area is 97.0 Å². The van der Waals surface area contributed by atoms with E-state index in [2.05, 4.69) is 0 Å². The monoisotopic (exact) mass is 243 g/mol. The summed E-state index contributed by atoms with van der Waals surface area (Å²) >= 11 is 0. The predicted octanol–water partition coefficient (Wildman–Crippen LogP) is 3.40. The molecular weight excluding hydrogens is 231 g/mol. The number of rotatable bonds is 5. The lowest BCUT2D eigenvalue weighted by atomic mass is 10.0. The Balaban J connectivity index is 2.41. The van der Waals surface area contributed by atoms with Crippen LogP contribution in [-0.4, -0.2) is 18.2 Å². The van der Waals surface area contributed by atoms with Gasteiger partial charge < -0.3 is 5.41 Å². The van der Waals surface area contributed by atoms with E-state index in [-0.39, 0.29) is 12.8 Å². The molecule has 0 saturated carbocycles. The lowest BCUT2D eigenvalue weighted by molar-refractivity contribution is -0.0613. The molecule has 92 valence electrons. The van der Waals surface area contributed by atoms with Crippen molar-refractivity contribution in [2.45, 2.75) is 25.4 Å². The summed E-state index contributed by atoms with van der Waals surface area (Å²) < 4.78 is 36.0. The molecule has 1 aromatic rings. The van der Waals surface area contributed by atoms with Crippen LogP contribution in [0.4, 0.5) is 13.2 Å². The average Bonchev–Trinajstić information content (AvgIpc) is 2.28. The van der Waals surface area contributed by atoms with Gasteiger partial charge in [-0.05, 0) is 24.8 Å². The molecule has 0 spiro atoms. The summed E-state index contributed by atoms with van der Waals surface area (Å²) in [4.78, 5) is 10.4. The summed E-state index contributed by atoms with van der Waals surface area (Å²) in [7, 11) is 0. The number of hydrogen-bond acceptors (Lipinski definition) is 2. The van der Waals surface area contributed by atoms with E-state index in [4.69, 9.17) is 5.41 Å². The molecule has 0 unspecified atom stereocenters. The first-order valence-corrected chi connectivity index (χ1v) is 5.12. The van der Waals surface area contributed by atoms with Crippen LogP contribution >= 0.6 is 0 Å². The van der Waals surface area contributed by atoms with E-state index in [1.54, 1.807) is 24.3 Å². The summed E-state index contributed by atoms with van der Waals surface area (Å²) in [5.74, 6) is 0. The van der Waals surface area contributed by atoms with Gasteiger partial charge in [-0.15, -0.1) is 0 Å². The zero-order chi connectivity index (χ0) is 12.9. The van der Waals surface area contributed by atoms with Gasteiger partial charge in [0.15, 0.2) is 0 Å². The van der Waals surface area contributed by atoms with Crippen LogP contribution in [0.2, 0.25) is 0 Å². The number of nitrogens with one attached hydrogen (secondary N) is 1. The third kappa shape index (κ3) is 4.38. The van der Waals surface area contributed by atoms with Crippen molar-refractivity contribution >= 4 is 12.0 Å². The fourth-order valence-electron chi connectivity index (χ4n) is 1.37. The topological polar surface area (TPSA) is 40.9 Å². The number of hydrogen-bond donors (Lipinski definition) is 1. The van der Waals surface area contributed by atoms with Crippen LogP contribution < -0.4 is 0 Å². The summed E-state index contributed by atoms with van der Waals surface area (Å²) in [6, 6.07) is 6.66. The smallest absolute Gasteiger partial charge is 0.301 e. The van der Waals surface area contributed by atoms with E-state index in [1.165, 1.54) is 0 Å². The lowest BCUT2D eigenvalue weighted by Crippen LogP contribution is -2.21. The van der Waals surface area contributed by atoms with E-state index in [1.807, 2.05) is 0 Å². The molecule has 1 N–H and O–H groups in total. The predicted molar refractivity (Wildman–Crippen MR) is 58.5 cm³/mol. The molecule has 1 aromatic carbocycles. The van der Waals surface area contributed by atoms with Crippen molar-refractivity contribution in [2.24, 2.45) is 0 Å². The molecule has 0 saturated heterocycles. The Kier molecular flexibility index (Phi) is 4.43. The molecule has 0 amide bonds. The second kappa shape index (κ2) is 5.61. The van der Waals surface area contributed by atoms with Gasteiger partial charge in [-0.25, -0.2) is 0 Å². The maximum Gasteiger partial charge on any atom is 0.428 e. The first kappa shape index (κ1) is 13.4. The molecule has 17 heavy (non-hydrogen) atoms. The minimum absolute atomic E-state index is 0.277. The molecular formula is C12H12F3NO. The van der Waals surface area contributed by atoms with Crippen LogP contribution in [-0.2, 0) is 6.42 Å². The highest BCUT2D eigenvalue weighted by atomic mass is 19.4. The van der Waals surface area contributed by atoms with Crippen molar-refractivity contribution in [1.29, 1.82) is 5.41 Å². The van der Waals surface area contributed by atoms with E-state index in [9.17, 15) is 18.0 Å². The Bertz CT molecular complexity index is 395. The van der Waals surface area contributed by atoms with Crippen LogP contribution in [0.15, 0.2) is 24.3 Å². The summed E-state index contributed by atoms with van der Waals surface area (Å²) in [6.07, 6.45) is -3.33. The zero-order valence-corrected chi connectivity index (χ0v) is 9.05. The maximum atomic E-state index is 12.0. The maximum absolute atomic E-state index is 12.0. The van der Waals surface area contributed by atoms with Gasteiger partial charge in [-0.3, -0.25) is 4.79 Å². The van der Waals surface area contributed by atoms with Crippen LogP contribution in [0.1, 0.15) is 28.8 Å². The van der Waals surface area contributed by atoms with Crippen LogP contribution in [0, 0.1) is 5.41 Å². The van der Waals surface area contributed by atoms with Gasteiger partial charge in [0.25, 0.3) is 0 Å². The number of carbonyl (C=O) groups excluding carboxylic acids is 1. The summed E-state index contributed by atoms with van der Waals surface area (Å²) in [6.45, 7) is 0. The van der Waals surface area contributed by atoms with Gasteiger partial charge in [0.05, 0.1) is 0 Å². The van der Waals surface area contributed by atoms with Gasteiger partial charge in [-0.1, -0.05) is 24.3 Å².